The molecular formula is C13H25N3O4. The molecular weight excluding hydrogens is 262 g/mol. The van der Waals surface area contributed by atoms with Crippen LogP contribution >= 0.6 is 0 Å². The first kappa shape index (κ1) is 18.2. The van der Waals surface area contributed by atoms with Gasteiger partial charge in [-0.25, -0.2) is 4.79 Å². The molecule has 0 saturated carbocycles. The summed E-state index contributed by atoms with van der Waals surface area (Å²) in [4.78, 5) is 35.7. The zero-order valence-corrected chi connectivity index (χ0v) is 12.6. The molecule has 0 aromatic heterocycles. The minimum absolute atomic E-state index is 0.00459. The quantitative estimate of drug-likeness (QED) is 0.615. The Morgan fingerprint density at radius 2 is 1.65 bits per heavy atom. The maximum absolute atomic E-state index is 11.9. The highest BCUT2D eigenvalue weighted by molar-refractivity contribution is 5.86. The van der Waals surface area contributed by atoms with E-state index in [1.807, 2.05) is 13.8 Å². The van der Waals surface area contributed by atoms with Crippen molar-refractivity contribution >= 4 is 17.9 Å². The summed E-state index contributed by atoms with van der Waals surface area (Å²) in [6.45, 7) is 8.29. The fraction of sp³-hybridized carbons (Fsp3) is 0.769. The van der Waals surface area contributed by atoms with E-state index < -0.39 is 18.0 Å². The molecule has 0 radical (unpaired) electrons. The molecule has 0 rings (SSSR count). The third-order valence-corrected chi connectivity index (χ3v) is 2.96. The molecule has 0 saturated heterocycles. The normalized spacial score (nSPS) is 13.2. The molecule has 7 nitrogen and oxygen atoms in total. The van der Waals surface area contributed by atoms with Gasteiger partial charge in [-0.1, -0.05) is 0 Å². The number of carboxylic acids is 1. The third-order valence-electron chi connectivity index (χ3n) is 2.96. The second kappa shape index (κ2) is 9.17. The van der Waals surface area contributed by atoms with E-state index in [2.05, 4.69) is 10.6 Å². The molecule has 0 aromatic carbocycles. The van der Waals surface area contributed by atoms with Gasteiger partial charge >= 0.3 is 12.0 Å². The van der Waals surface area contributed by atoms with Crippen molar-refractivity contribution in [3.8, 4) is 0 Å². The Hall–Kier alpha value is -1.79. The number of rotatable bonds is 8. The van der Waals surface area contributed by atoms with Crippen molar-refractivity contribution in [1.29, 1.82) is 0 Å². The molecule has 0 heterocycles. The Bertz CT molecular complexity index is 343. The van der Waals surface area contributed by atoms with Gasteiger partial charge in [0.1, 0.15) is 6.04 Å². The Balaban J connectivity index is 4.19. The lowest BCUT2D eigenvalue weighted by molar-refractivity contribution is -0.137. The maximum atomic E-state index is 11.9. The van der Waals surface area contributed by atoms with Gasteiger partial charge in [-0.15, -0.1) is 0 Å². The average molecular weight is 287 g/mol. The van der Waals surface area contributed by atoms with Gasteiger partial charge < -0.3 is 20.6 Å². The van der Waals surface area contributed by atoms with Gasteiger partial charge in [0.2, 0.25) is 5.91 Å². The monoisotopic (exact) mass is 287 g/mol. The number of likely N-dealkylation sites (N-methyl/N-ethyl adjacent to an activating group) is 1. The van der Waals surface area contributed by atoms with E-state index in [4.69, 9.17) is 5.11 Å². The SMILES string of the molecule is CCN(CC)C(=O)C(C)NC(=O)NC(C)CCC(=O)O. The Morgan fingerprint density at radius 1 is 1.10 bits per heavy atom. The summed E-state index contributed by atoms with van der Waals surface area (Å²) in [5.74, 6) is -1.03. The predicted molar refractivity (Wildman–Crippen MR) is 75.4 cm³/mol. The minimum Gasteiger partial charge on any atom is -0.481 e. The van der Waals surface area contributed by atoms with E-state index in [1.54, 1.807) is 18.7 Å². The zero-order valence-electron chi connectivity index (χ0n) is 12.6. The van der Waals surface area contributed by atoms with Gasteiger partial charge in [-0.2, -0.15) is 0 Å². The van der Waals surface area contributed by atoms with Crippen LogP contribution in [0.5, 0.6) is 0 Å². The minimum atomic E-state index is -0.899. The van der Waals surface area contributed by atoms with E-state index in [-0.39, 0.29) is 18.4 Å². The Labute approximate surface area is 119 Å². The number of aliphatic carboxylic acids is 1. The predicted octanol–water partition coefficient (Wildman–Crippen LogP) is 0.796. The molecule has 0 aliphatic carbocycles. The van der Waals surface area contributed by atoms with Gasteiger partial charge in [-0.05, 0) is 34.1 Å². The molecule has 0 aromatic rings. The molecule has 0 spiro atoms. The number of nitrogens with one attached hydrogen (secondary N) is 2. The lowest BCUT2D eigenvalue weighted by Gasteiger charge is -2.24. The fourth-order valence-corrected chi connectivity index (χ4v) is 1.75. The van der Waals surface area contributed by atoms with E-state index in [9.17, 15) is 14.4 Å². The molecule has 0 bridgehead atoms. The zero-order chi connectivity index (χ0) is 15.7. The highest BCUT2D eigenvalue weighted by Gasteiger charge is 2.20. The van der Waals surface area contributed by atoms with Crippen molar-refractivity contribution < 1.29 is 19.5 Å². The molecule has 0 fully saturated rings. The van der Waals surface area contributed by atoms with Crippen molar-refractivity contribution in [2.45, 2.75) is 52.6 Å². The number of urea groups is 1. The first-order chi connectivity index (χ1) is 9.31. The van der Waals surface area contributed by atoms with Crippen LogP contribution in [0.25, 0.3) is 0 Å². The lowest BCUT2D eigenvalue weighted by atomic mass is 10.2. The molecule has 7 heteroatoms. The summed E-state index contributed by atoms with van der Waals surface area (Å²) in [6, 6.07) is -1.33. The number of hydrogen-bond donors (Lipinski definition) is 3. The molecule has 20 heavy (non-hydrogen) atoms. The first-order valence-corrected chi connectivity index (χ1v) is 6.89. The molecule has 0 aliphatic heterocycles. The van der Waals surface area contributed by atoms with Crippen LogP contribution in [-0.4, -0.2) is 53.1 Å². The van der Waals surface area contributed by atoms with Gasteiger partial charge in [0.25, 0.3) is 0 Å². The number of amides is 3. The average Bonchev–Trinajstić information content (AvgIpc) is 2.37. The molecule has 2 unspecified atom stereocenters. The highest BCUT2D eigenvalue weighted by atomic mass is 16.4. The number of carboxylic acid groups (broad SMARTS) is 1. The van der Waals surface area contributed by atoms with Crippen molar-refractivity contribution in [2.24, 2.45) is 0 Å². The molecule has 3 N–H and O–H groups in total. The van der Waals surface area contributed by atoms with Crippen LogP contribution in [0.1, 0.15) is 40.5 Å². The van der Waals surface area contributed by atoms with Crippen LogP contribution < -0.4 is 10.6 Å². The van der Waals surface area contributed by atoms with Crippen molar-refractivity contribution in [1.82, 2.24) is 15.5 Å². The van der Waals surface area contributed by atoms with Crippen LogP contribution in [0.2, 0.25) is 0 Å². The van der Waals surface area contributed by atoms with Crippen molar-refractivity contribution in [3.05, 3.63) is 0 Å². The number of carbonyl (C=O) groups is 3. The molecule has 3 amide bonds. The van der Waals surface area contributed by atoms with E-state index in [0.29, 0.717) is 19.5 Å². The Morgan fingerprint density at radius 3 is 2.10 bits per heavy atom. The van der Waals surface area contributed by atoms with Crippen molar-refractivity contribution in [3.63, 3.8) is 0 Å². The van der Waals surface area contributed by atoms with Gasteiger partial charge in [-0.3, -0.25) is 9.59 Å². The maximum Gasteiger partial charge on any atom is 0.315 e. The van der Waals surface area contributed by atoms with Crippen molar-refractivity contribution in [2.75, 3.05) is 13.1 Å². The summed E-state index contributed by atoms with van der Waals surface area (Å²) >= 11 is 0. The lowest BCUT2D eigenvalue weighted by Crippen LogP contribution is -2.51. The van der Waals surface area contributed by atoms with E-state index in [0.717, 1.165) is 0 Å². The van der Waals surface area contributed by atoms with Crippen LogP contribution in [0.4, 0.5) is 4.79 Å². The Kier molecular flexibility index (Phi) is 8.35. The van der Waals surface area contributed by atoms with Crippen LogP contribution in [0, 0.1) is 0 Å². The largest absolute Gasteiger partial charge is 0.481 e. The van der Waals surface area contributed by atoms with E-state index in [1.165, 1.54) is 0 Å². The topological polar surface area (TPSA) is 98.7 Å². The highest BCUT2D eigenvalue weighted by Crippen LogP contribution is 1.98. The van der Waals surface area contributed by atoms with Gasteiger partial charge in [0, 0.05) is 25.6 Å². The second-order valence-electron chi connectivity index (χ2n) is 4.68. The standard InChI is InChI=1S/C13H25N3O4/c1-5-16(6-2)12(19)10(4)15-13(20)14-9(3)7-8-11(17)18/h9-10H,5-8H2,1-4H3,(H,17,18)(H2,14,15,20). The van der Waals surface area contributed by atoms with Gasteiger partial charge in [0.05, 0.1) is 0 Å². The molecule has 2 atom stereocenters. The molecule has 116 valence electrons. The summed E-state index contributed by atoms with van der Waals surface area (Å²) in [5.41, 5.74) is 0. The summed E-state index contributed by atoms with van der Waals surface area (Å²) in [6.07, 6.45) is 0.344. The fourth-order valence-electron chi connectivity index (χ4n) is 1.75. The first-order valence-electron chi connectivity index (χ1n) is 6.89. The number of hydrogen-bond acceptors (Lipinski definition) is 3. The van der Waals surface area contributed by atoms with Gasteiger partial charge in [0.15, 0.2) is 0 Å². The van der Waals surface area contributed by atoms with Crippen LogP contribution in [0.3, 0.4) is 0 Å². The summed E-state index contributed by atoms with van der Waals surface area (Å²) in [5, 5.41) is 13.7. The summed E-state index contributed by atoms with van der Waals surface area (Å²) < 4.78 is 0. The second-order valence-corrected chi connectivity index (χ2v) is 4.68. The summed E-state index contributed by atoms with van der Waals surface area (Å²) in [7, 11) is 0. The molecule has 0 aliphatic rings. The third kappa shape index (κ3) is 6.96. The number of carbonyl (C=O) groups excluding carboxylic acids is 2. The van der Waals surface area contributed by atoms with E-state index >= 15 is 0 Å². The van der Waals surface area contributed by atoms with Crippen LogP contribution in [-0.2, 0) is 9.59 Å². The number of nitrogens with zero attached hydrogens (tertiary/aromatic N) is 1. The smallest absolute Gasteiger partial charge is 0.315 e. The van der Waals surface area contributed by atoms with Crippen LogP contribution in [0.15, 0.2) is 0 Å².